The van der Waals surface area contributed by atoms with Crippen LogP contribution < -0.4 is 14.4 Å². The van der Waals surface area contributed by atoms with Gasteiger partial charge in [-0.2, -0.15) is 0 Å². The number of Topliss-reactive ketones (excluding diaryl/α,β-unsaturated/α-hetero) is 1. The van der Waals surface area contributed by atoms with Crippen LogP contribution in [0.15, 0.2) is 46.1 Å². The summed E-state index contributed by atoms with van der Waals surface area (Å²) >= 11 is 0.927. The lowest BCUT2D eigenvalue weighted by Crippen LogP contribution is -2.31. The van der Waals surface area contributed by atoms with Crippen LogP contribution in [0, 0.1) is 13.8 Å². The molecule has 3 heterocycles. The van der Waals surface area contributed by atoms with E-state index in [0.29, 0.717) is 41.7 Å². The lowest BCUT2D eigenvalue weighted by Gasteiger charge is -2.25. The molecule has 0 radical (unpaired) electrons. The molecule has 0 saturated heterocycles. The van der Waals surface area contributed by atoms with Crippen molar-refractivity contribution >= 4 is 34.1 Å². The molecule has 1 unspecified atom stereocenters. The molecule has 1 aliphatic heterocycles. The highest BCUT2D eigenvalue weighted by atomic mass is 32.1. The number of aliphatic hydroxyl groups excluding tert-OH is 1. The maximum Gasteiger partial charge on any atom is 0.350 e. The molecular weight excluding hydrogens is 512 g/mol. The first-order valence-corrected chi connectivity index (χ1v) is 12.9. The monoisotopic (exact) mass is 540 g/mol. The van der Waals surface area contributed by atoms with Crippen molar-refractivity contribution in [2.24, 2.45) is 0 Å². The summed E-state index contributed by atoms with van der Waals surface area (Å²) in [5, 5.41) is 11.1. The summed E-state index contributed by atoms with van der Waals surface area (Å²) in [4.78, 5) is 45.1. The van der Waals surface area contributed by atoms with Crippen molar-refractivity contribution in [1.82, 2.24) is 4.98 Å². The molecule has 1 aliphatic rings. The van der Waals surface area contributed by atoms with Crippen LogP contribution in [0.25, 0.3) is 0 Å². The summed E-state index contributed by atoms with van der Waals surface area (Å²) in [6, 6.07) is 7.07. The van der Waals surface area contributed by atoms with Crippen LogP contribution in [0.4, 0.5) is 5.13 Å². The Morgan fingerprint density at radius 2 is 1.89 bits per heavy atom. The average molecular weight is 541 g/mol. The van der Waals surface area contributed by atoms with Crippen molar-refractivity contribution in [2.45, 2.75) is 40.2 Å². The number of aryl methyl sites for hydroxylation is 2. The second-order valence-corrected chi connectivity index (χ2v) is 9.45. The van der Waals surface area contributed by atoms with Gasteiger partial charge in [0, 0.05) is 0 Å². The number of hydrogen-bond acceptors (Lipinski definition) is 10. The number of carbonyl (C=O) groups excluding carboxylic acids is 3. The number of carbonyl (C=O) groups is 3. The van der Waals surface area contributed by atoms with E-state index in [1.54, 1.807) is 38.1 Å². The fraction of sp³-hybridized carbons (Fsp3) is 0.333. The largest absolute Gasteiger partial charge is 0.503 e. The van der Waals surface area contributed by atoms with E-state index >= 15 is 0 Å². The molecule has 0 saturated carbocycles. The summed E-state index contributed by atoms with van der Waals surface area (Å²) in [6.45, 7) is 7.94. The third-order valence-corrected chi connectivity index (χ3v) is 6.96. The zero-order valence-electron chi connectivity index (χ0n) is 21.7. The van der Waals surface area contributed by atoms with Gasteiger partial charge >= 0.3 is 5.97 Å². The van der Waals surface area contributed by atoms with Gasteiger partial charge in [0.05, 0.1) is 37.6 Å². The van der Waals surface area contributed by atoms with Crippen LogP contribution in [-0.2, 0) is 9.53 Å². The van der Waals surface area contributed by atoms with Crippen LogP contribution in [0.5, 0.6) is 11.5 Å². The van der Waals surface area contributed by atoms with E-state index in [4.69, 9.17) is 18.6 Å². The normalized spacial score (nSPS) is 15.2. The lowest BCUT2D eigenvalue weighted by molar-refractivity contribution is -0.117. The minimum absolute atomic E-state index is 0.0257. The molecule has 0 aliphatic carbocycles. The SMILES string of the molecule is CCCOc1ccc(C2C(C(=O)c3ccc(C)o3)=C(O)C(=O)N2c2nc(C)c(C(=O)OC)s2)cc1OCC. The van der Waals surface area contributed by atoms with E-state index in [2.05, 4.69) is 4.98 Å². The van der Waals surface area contributed by atoms with Gasteiger partial charge in [0.2, 0.25) is 5.78 Å². The predicted octanol–water partition coefficient (Wildman–Crippen LogP) is 5.11. The first kappa shape index (κ1) is 26.9. The molecule has 4 rings (SSSR count). The number of ketones is 1. The number of benzene rings is 1. The Morgan fingerprint density at radius 3 is 2.53 bits per heavy atom. The summed E-state index contributed by atoms with van der Waals surface area (Å²) in [6.07, 6.45) is 0.794. The smallest absolute Gasteiger partial charge is 0.350 e. The molecule has 0 fully saturated rings. The fourth-order valence-electron chi connectivity index (χ4n) is 4.10. The summed E-state index contributed by atoms with van der Waals surface area (Å²) < 4.78 is 22.0. The number of methoxy groups -OCH3 is 1. The van der Waals surface area contributed by atoms with E-state index in [1.807, 2.05) is 13.8 Å². The van der Waals surface area contributed by atoms with Gasteiger partial charge in [0.25, 0.3) is 5.91 Å². The van der Waals surface area contributed by atoms with Crippen LogP contribution >= 0.6 is 11.3 Å². The van der Waals surface area contributed by atoms with E-state index in [0.717, 1.165) is 17.8 Å². The molecule has 3 aromatic rings. The third kappa shape index (κ3) is 4.89. The molecule has 10 nitrogen and oxygen atoms in total. The Balaban J connectivity index is 1.88. The second-order valence-electron chi connectivity index (χ2n) is 8.47. The third-order valence-electron chi connectivity index (χ3n) is 5.82. The van der Waals surface area contributed by atoms with Crippen LogP contribution in [0.1, 0.15) is 63.6 Å². The minimum Gasteiger partial charge on any atom is -0.503 e. The lowest BCUT2D eigenvalue weighted by atomic mass is 9.95. The summed E-state index contributed by atoms with van der Waals surface area (Å²) in [7, 11) is 1.25. The summed E-state index contributed by atoms with van der Waals surface area (Å²) in [5.41, 5.74) is 0.637. The van der Waals surface area contributed by atoms with E-state index in [-0.39, 0.29) is 21.3 Å². The number of hydrogen-bond donors (Lipinski definition) is 1. The number of aliphatic hydroxyl groups is 1. The van der Waals surface area contributed by atoms with Crippen LogP contribution in [0.2, 0.25) is 0 Å². The first-order chi connectivity index (χ1) is 18.2. The molecule has 11 heteroatoms. The molecule has 1 aromatic carbocycles. The van der Waals surface area contributed by atoms with Gasteiger partial charge in [-0.1, -0.05) is 24.3 Å². The highest BCUT2D eigenvalue weighted by Gasteiger charge is 2.47. The van der Waals surface area contributed by atoms with Crippen molar-refractivity contribution in [3.8, 4) is 11.5 Å². The van der Waals surface area contributed by atoms with Gasteiger partial charge in [-0.25, -0.2) is 9.78 Å². The Morgan fingerprint density at radius 1 is 1.13 bits per heavy atom. The quantitative estimate of drug-likeness (QED) is 0.275. The van der Waals surface area contributed by atoms with Crippen molar-refractivity contribution in [1.29, 1.82) is 0 Å². The molecule has 2 aromatic heterocycles. The number of nitrogens with zero attached hydrogens (tertiary/aromatic N) is 2. The van der Waals surface area contributed by atoms with Crippen LogP contribution in [-0.4, -0.2) is 48.1 Å². The van der Waals surface area contributed by atoms with E-state index in [1.165, 1.54) is 18.1 Å². The van der Waals surface area contributed by atoms with Gasteiger partial charge in [0.15, 0.2) is 28.1 Å². The Hall–Kier alpha value is -4.12. The topological polar surface area (TPSA) is 128 Å². The fourth-order valence-corrected chi connectivity index (χ4v) is 5.11. The van der Waals surface area contributed by atoms with E-state index in [9.17, 15) is 19.5 Å². The maximum absolute atomic E-state index is 13.6. The standard InChI is InChI=1S/C27H28N2O8S/c1-6-12-36-17-11-9-16(13-19(17)35-7-2)21-20(22(30)18-10-8-14(3)37-18)23(31)25(32)29(21)27-28-15(4)24(38-27)26(33)34-5/h8-11,13,21,31H,6-7,12H2,1-5H3. The Kier molecular flexibility index (Phi) is 7.86. The number of furan rings is 1. The highest BCUT2D eigenvalue weighted by molar-refractivity contribution is 7.17. The van der Waals surface area contributed by atoms with Crippen molar-refractivity contribution in [3.63, 3.8) is 0 Å². The van der Waals surface area contributed by atoms with Crippen LogP contribution in [0.3, 0.4) is 0 Å². The number of aromatic nitrogens is 1. The molecule has 0 bridgehead atoms. The number of anilines is 1. The molecule has 200 valence electrons. The Bertz CT molecular complexity index is 1420. The first-order valence-electron chi connectivity index (χ1n) is 12.0. The summed E-state index contributed by atoms with van der Waals surface area (Å²) in [5.74, 6) is -1.42. The second kappa shape index (κ2) is 11.1. The molecule has 0 spiro atoms. The zero-order chi connectivity index (χ0) is 27.6. The molecule has 1 N–H and O–H groups in total. The van der Waals surface area contributed by atoms with Gasteiger partial charge < -0.3 is 23.7 Å². The van der Waals surface area contributed by atoms with Crippen molar-refractivity contribution in [2.75, 3.05) is 25.2 Å². The van der Waals surface area contributed by atoms with Gasteiger partial charge in [-0.05, 0) is 57.0 Å². The van der Waals surface area contributed by atoms with Gasteiger partial charge in [0.1, 0.15) is 10.6 Å². The predicted molar refractivity (Wildman–Crippen MR) is 139 cm³/mol. The highest BCUT2D eigenvalue weighted by Crippen LogP contribution is 2.45. The molecular formula is C27H28N2O8S. The van der Waals surface area contributed by atoms with Gasteiger partial charge in [-0.15, -0.1) is 0 Å². The maximum atomic E-state index is 13.6. The van der Waals surface area contributed by atoms with Crippen molar-refractivity contribution < 1.29 is 38.1 Å². The number of esters is 1. The van der Waals surface area contributed by atoms with E-state index < -0.39 is 29.5 Å². The Labute approximate surface area is 223 Å². The number of amides is 1. The zero-order valence-corrected chi connectivity index (χ0v) is 22.5. The average Bonchev–Trinajstić information content (AvgIpc) is 3.58. The number of ether oxygens (including phenoxy) is 3. The number of thiazole rings is 1. The number of rotatable bonds is 10. The van der Waals surface area contributed by atoms with Gasteiger partial charge in [-0.3, -0.25) is 14.5 Å². The minimum atomic E-state index is -1.09. The molecule has 1 atom stereocenters. The molecule has 1 amide bonds. The molecule has 38 heavy (non-hydrogen) atoms. The van der Waals surface area contributed by atoms with Crippen molar-refractivity contribution in [3.05, 3.63) is 69.3 Å².